The Labute approximate surface area is 240 Å². The van der Waals surface area contributed by atoms with Crippen LogP contribution in [0.2, 0.25) is 19.6 Å². The van der Waals surface area contributed by atoms with Gasteiger partial charge < -0.3 is 4.42 Å². The molecule has 0 spiro atoms. The van der Waals surface area contributed by atoms with E-state index in [1.54, 1.807) is 13.1 Å². The Morgan fingerprint density at radius 1 is 1.00 bits per heavy atom. The molecule has 41 heavy (non-hydrogen) atoms. The number of hydrogen-bond donors (Lipinski definition) is 0. The lowest BCUT2D eigenvalue weighted by Crippen LogP contribution is -2.51. The van der Waals surface area contributed by atoms with Crippen LogP contribution in [0.4, 0.5) is 30.7 Å². The van der Waals surface area contributed by atoms with Crippen molar-refractivity contribution in [3.8, 4) is 11.3 Å². The van der Waals surface area contributed by atoms with Gasteiger partial charge in [0.05, 0.1) is 13.6 Å². The molecule has 1 saturated carbocycles. The number of halogens is 7. The molecule has 2 heterocycles. The molecule has 0 bridgehead atoms. The van der Waals surface area contributed by atoms with E-state index < -0.39 is 70.1 Å². The van der Waals surface area contributed by atoms with Crippen molar-refractivity contribution in [2.75, 3.05) is 0 Å². The second-order valence-corrected chi connectivity index (χ2v) is 17.1. The minimum absolute atomic E-state index is 0.151. The number of rotatable bonds is 3. The molecule has 0 unspecified atom stereocenters. The van der Waals surface area contributed by atoms with Crippen molar-refractivity contribution >= 4 is 35.2 Å². The molecular weight excluding hydrogens is 563 g/mol. The van der Waals surface area contributed by atoms with Crippen molar-refractivity contribution < 1.29 is 45.2 Å². The SMILES string of the molecule is [2H]C([2H])([2H])c1c[n+](C)c(-c2c(C)c([Si](C)(C)C)cc3c2oc2cc(F)ccc23)cc1C1([2H])CCC(C(F)(F)F)(C(F)(F)F)CC1. The van der Waals surface area contributed by atoms with Crippen LogP contribution in [0.25, 0.3) is 33.2 Å². The molecule has 10 heteroatoms. The number of aromatic nitrogens is 1. The second-order valence-electron chi connectivity index (χ2n) is 12.1. The maximum Gasteiger partial charge on any atom is 0.403 e. The van der Waals surface area contributed by atoms with E-state index in [4.69, 9.17) is 8.53 Å². The number of aryl methyl sites for hydroxylation is 2. The van der Waals surface area contributed by atoms with Gasteiger partial charge in [-0.1, -0.05) is 30.9 Å². The normalized spacial score (nSPS) is 19.6. The maximum absolute atomic E-state index is 14.2. The summed E-state index contributed by atoms with van der Waals surface area (Å²) in [7, 11) is -0.485. The standard InChI is InChI=1S/C31H33F7NOSi/c1-17-16-39(3)24(14-22(17)19-9-11-29(12-10-19,30(33,34)35)31(36,37)38)27-18(2)26(41(4,5)6)15-23-21-8-7-20(32)13-25(21)40-28(23)27/h7-8,13-16,19H,9-12H2,1-6H3/q+1/i1D3,19D. The molecular formula is C31H33F7NOSi+. The maximum atomic E-state index is 14.2. The predicted molar refractivity (Wildman–Crippen MR) is 148 cm³/mol. The van der Waals surface area contributed by atoms with Crippen molar-refractivity contribution in [1.29, 1.82) is 0 Å². The number of nitrogens with zero attached hydrogens (tertiary/aromatic N) is 1. The van der Waals surface area contributed by atoms with Crippen LogP contribution in [0.3, 0.4) is 0 Å². The van der Waals surface area contributed by atoms with Gasteiger partial charge >= 0.3 is 12.4 Å². The van der Waals surface area contributed by atoms with E-state index >= 15 is 0 Å². The van der Waals surface area contributed by atoms with Gasteiger partial charge in [-0.15, -0.1) is 0 Å². The molecule has 0 amide bonds. The van der Waals surface area contributed by atoms with Crippen LogP contribution in [-0.2, 0) is 7.05 Å². The van der Waals surface area contributed by atoms with Crippen molar-refractivity contribution in [3.63, 3.8) is 0 Å². The molecule has 1 fully saturated rings. The summed E-state index contributed by atoms with van der Waals surface area (Å²) in [5, 5.41) is 2.36. The molecule has 2 aromatic carbocycles. The van der Waals surface area contributed by atoms with Crippen molar-refractivity contribution in [1.82, 2.24) is 0 Å². The zero-order valence-corrected chi connectivity index (χ0v) is 24.3. The van der Waals surface area contributed by atoms with Crippen LogP contribution < -0.4 is 9.75 Å². The Balaban J connectivity index is 1.80. The van der Waals surface area contributed by atoms with E-state index in [1.165, 1.54) is 29.0 Å². The highest BCUT2D eigenvalue weighted by Crippen LogP contribution is 2.60. The highest BCUT2D eigenvalue weighted by molar-refractivity contribution is 6.89. The molecule has 0 saturated heterocycles. The van der Waals surface area contributed by atoms with Gasteiger partial charge in [-0.2, -0.15) is 26.3 Å². The quantitative estimate of drug-likeness (QED) is 0.130. The van der Waals surface area contributed by atoms with Crippen molar-refractivity contribution in [3.05, 3.63) is 59.0 Å². The van der Waals surface area contributed by atoms with Gasteiger partial charge in [0.2, 0.25) is 5.69 Å². The molecule has 2 aromatic heterocycles. The van der Waals surface area contributed by atoms with Crippen LogP contribution in [0.1, 0.15) is 53.8 Å². The van der Waals surface area contributed by atoms with E-state index in [-0.39, 0.29) is 16.7 Å². The Morgan fingerprint density at radius 2 is 1.63 bits per heavy atom. The Kier molecular flexibility index (Phi) is 5.77. The van der Waals surface area contributed by atoms with Crippen LogP contribution >= 0.6 is 0 Å². The molecule has 0 radical (unpaired) electrons. The van der Waals surface area contributed by atoms with E-state index in [1.807, 2.05) is 13.0 Å². The average molecular weight is 601 g/mol. The molecule has 0 N–H and O–H groups in total. The Morgan fingerprint density at radius 3 is 2.20 bits per heavy atom. The van der Waals surface area contributed by atoms with Crippen molar-refractivity contribution in [2.45, 2.75) is 77.3 Å². The Bertz CT molecular complexity index is 1800. The lowest BCUT2D eigenvalue weighted by Gasteiger charge is -2.42. The van der Waals surface area contributed by atoms with Gasteiger partial charge in [0, 0.05) is 34.0 Å². The van der Waals surface area contributed by atoms with E-state index in [0.29, 0.717) is 27.6 Å². The summed E-state index contributed by atoms with van der Waals surface area (Å²) < 4.78 is 139. The fourth-order valence-corrected chi connectivity index (χ4v) is 8.06. The summed E-state index contributed by atoms with van der Waals surface area (Å²) in [5.41, 5.74) is -2.12. The van der Waals surface area contributed by atoms with Gasteiger partial charge in [-0.05, 0) is 68.6 Å². The van der Waals surface area contributed by atoms with Crippen molar-refractivity contribution in [2.24, 2.45) is 12.5 Å². The number of pyridine rings is 1. The average Bonchev–Trinajstić information content (AvgIpc) is 3.23. The van der Waals surface area contributed by atoms with E-state index in [9.17, 15) is 32.1 Å². The summed E-state index contributed by atoms with van der Waals surface area (Å²) in [6.07, 6.45) is -14.4. The Hall–Kier alpha value is -2.88. The van der Waals surface area contributed by atoms with Crippen LogP contribution in [0, 0.1) is 25.0 Å². The van der Waals surface area contributed by atoms with Gasteiger partial charge in [-0.25, -0.2) is 8.96 Å². The summed E-state index contributed by atoms with van der Waals surface area (Å²) >= 11 is 0. The molecule has 1 aliphatic rings. The molecule has 2 nitrogen and oxygen atoms in total. The second kappa shape index (κ2) is 9.57. The fourth-order valence-electron chi connectivity index (χ4n) is 6.23. The summed E-state index contributed by atoms with van der Waals surface area (Å²) in [6.45, 7) is 5.44. The van der Waals surface area contributed by atoms with Crippen LogP contribution in [-0.4, -0.2) is 20.4 Å². The number of alkyl halides is 6. The molecule has 0 aliphatic heterocycles. The zero-order chi connectivity index (χ0) is 33.7. The monoisotopic (exact) mass is 600 g/mol. The zero-order valence-electron chi connectivity index (χ0n) is 27.3. The summed E-state index contributed by atoms with van der Waals surface area (Å²) in [6, 6.07) is 7.57. The predicted octanol–water partition coefficient (Wildman–Crippen LogP) is 9.15. The number of hydrogen-bond acceptors (Lipinski definition) is 1. The van der Waals surface area contributed by atoms with Crippen LogP contribution in [0.5, 0.6) is 0 Å². The van der Waals surface area contributed by atoms with Gasteiger partial charge in [-0.3, -0.25) is 0 Å². The lowest BCUT2D eigenvalue weighted by molar-refractivity contribution is -0.660. The number of furan rings is 1. The third-order valence-electron chi connectivity index (χ3n) is 8.50. The number of fused-ring (bicyclic) bond motifs is 3. The summed E-state index contributed by atoms with van der Waals surface area (Å²) in [5.74, 6) is -2.56. The van der Waals surface area contributed by atoms with Crippen LogP contribution in [0.15, 0.2) is 40.9 Å². The lowest BCUT2D eigenvalue weighted by atomic mass is 9.67. The first-order valence-corrected chi connectivity index (χ1v) is 16.8. The molecule has 5 rings (SSSR count). The first-order valence-electron chi connectivity index (χ1n) is 15.3. The largest absolute Gasteiger partial charge is 0.455 e. The highest BCUT2D eigenvalue weighted by Gasteiger charge is 2.70. The topological polar surface area (TPSA) is 17.0 Å². The first-order chi connectivity index (χ1) is 20.4. The smallest absolute Gasteiger partial charge is 0.403 e. The van der Waals surface area contributed by atoms with E-state index in [0.717, 1.165) is 10.8 Å². The first kappa shape index (κ1) is 24.7. The summed E-state index contributed by atoms with van der Waals surface area (Å²) in [4.78, 5) is 0. The number of benzene rings is 2. The minimum Gasteiger partial charge on any atom is -0.455 e. The molecule has 0 atom stereocenters. The molecule has 1 aliphatic carbocycles. The molecule has 4 aromatic rings. The highest BCUT2D eigenvalue weighted by atomic mass is 28.3. The fraction of sp³-hybridized carbons (Fsp3) is 0.452. The third-order valence-corrected chi connectivity index (χ3v) is 10.6. The molecule has 220 valence electrons. The third kappa shape index (κ3) is 4.75. The van der Waals surface area contributed by atoms with Gasteiger partial charge in [0.15, 0.2) is 11.6 Å². The van der Waals surface area contributed by atoms with E-state index in [2.05, 4.69) is 19.6 Å². The van der Waals surface area contributed by atoms with Gasteiger partial charge in [0.1, 0.15) is 24.0 Å². The minimum atomic E-state index is -5.59. The van der Waals surface area contributed by atoms with Gasteiger partial charge in [0.25, 0.3) is 0 Å².